The molecule has 0 N–H and O–H groups in total. The van der Waals surface area contributed by atoms with Crippen molar-refractivity contribution in [3.05, 3.63) is 57.5 Å². The standard InChI is InChI=1S/C21H23FN2O2S/c1-2-19(25)24(16-7-8-16)13-20(26)23-11-9-18-17(10-12-27-18)21(23)14-3-5-15(22)6-4-14/h3-6,10,12,16,21H,2,7-9,11,13H2,1H3/t21-/m0/s1. The van der Waals surface area contributed by atoms with Crippen LogP contribution >= 0.6 is 11.3 Å². The second-order valence-electron chi connectivity index (χ2n) is 7.20. The molecular formula is C21H23FN2O2S. The lowest BCUT2D eigenvalue weighted by atomic mass is 9.93. The van der Waals surface area contributed by atoms with E-state index < -0.39 is 0 Å². The molecule has 6 heteroatoms. The molecule has 4 nitrogen and oxygen atoms in total. The number of hydrogen-bond donors (Lipinski definition) is 0. The maximum atomic E-state index is 13.4. The highest BCUT2D eigenvalue weighted by Crippen LogP contribution is 2.38. The maximum absolute atomic E-state index is 13.4. The van der Waals surface area contributed by atoms with Crippen LogP contribution in [0.1, 0.15) is 48.2 Å². The second-order valence-corrected chi connectivity index (χ2v) is 8.20. The van der Waals surface area contributed by atoms with Gasteiger partial charge in [-0.3, -0.25) is 9.59 Å². The Kier molecular flexibility index (Phi) is 5.00. The van der Waals surface area contributed by atoms with Crippen LogP contribution in [0, 0.1) is 5.82 Å². The van der Waals surface area contributed by atoms with Gasteiger partial charge in [-0.25, -0.2) is 4.39 Å². The highest BCUT2D eigenvalue weighted by Gasteiger charge is 2.37. The van der Waals surface area contributed by atoms with Gasteiger partial charge < -0.3 is 9.80 Å². The van der Waals surface area contributed by atoms with Crippen molar-refractivity contribution in [2.24, 2.45) is 0 Å². The topological polar surface area (TPSA) is 40.6 Å². The number of halogens is 1. The van der Waals surface area contributed by atoms with Crippen LogP contribution in [0.5, 0.6) is 0 Å². The van der Waals surface area contributed by atoms with Gasteiger partial charge in [0.05, 0.1) is 6.04 Å². The summed E-state index contributed by atoms with van der Waals surface area (Å²) in [5.74, 6) is -0.279. The van der Waals surface area contributed by atoms with Gasteiger partial charge in [0.2, 0.25) is 11.8 Å². The number of hydrogen-bond acceptors (Lipinski definition) is 3. The summed E-state index contributed by atoms with van der Waals surface area (Å²) in [5, 5.41) is 2.05. The van der Waals surface area contributed by atoms with Crippen molar-refractivity contribution in [2.75, 3.05) is 13.1 Å². The van der Waals surface area contributed by atoms with E-state index in [0.717, 1.165) is 30.4 Å². The monoisotopic (exact) mass is 386 g/mol. The fourth-order valence-electron chi connectivity index (χ4n) is 3.84. The first-order valence-electron chi connectivity index (χ1n) is 9.49. The first kappa shape index (κ1) is 18.2. The van der Waals surface area contributed by atoms with Gasteiger partial charge in [0.1, 0.15) is 12.4 Å². The van der Waals surface area contributed by atoms with E-state index in [-0.39, 0.29) is 36.3 Å². The molecule has 1 aromatic heterocycles. The van der Waals surface area contributed by atoms with Crippen LogP contribution in [0.25, 0.3) is 0 Å². The SMILES string of the molecule is CCC(=O)N(CC(=O)N1CCc2sccc2[C@@H]1c1ccc(F)cc1)C1CC1. The number of carbonyl (C=O) groups is 2. The molecule has 2 aromatic rings. The van der Waals surface area contributed by atoms with E-state index in [1.165, 1.54) is 17.0 Å². The molecular weight excluding hydrogens is 363 g/mol. The fourth-order valence-corrected chi connectivity index (χ4v) is 4.74. The number of carbonyl (C=O) groups excluding carboxylic acids is 2. The Morgan fingerprint density at radius 1 is 1.22 bits per heavy atom. The third kappa shape index (κ3) is 3.63. The van der Waals surface area contributed by atoms with E-state index in [2.05, 4.69) is 6.07 Å². The van der Waals surface area contributed by atoms with Crippen molar-refractivity contribution >= 4 is 23.2 Å². The fraction of sp³-hybridized carbons (Fsp3) is 0.429. The number of benzene rings is 1. The van der Waals surface area contributed by atoms with Gasteiger partial charge >= 0.3 is 0 Å². The summed E-state index contributed by atoms with van der Waals surface area (Å²) in [5.41, 5.74) is 2.02. The molecule has 0 spiro atoms. The lowest BCUT2D eigenvalue weighted by Gasteiger charge is -2.37. The molecule has 1 aliphatic carbocycles. The zero-order valence-electron chi connectivity index (χ0n) is 15.4. The molecule has 1 fully saturated rings. The van der Waals surface area contributed by atoms with Gasteiger partial charge in [-0.1, -0.05) is 19.1 Å². The van der Waals surface area contributed by atoms with E-state index in [4.69, 9.17) is 0 Å². The Morgan fingerprint density at radius 2 is 1.96 bits per heavy atom. The van der Waals surface area contributed by atoms with Gasteiger partial charge in [-0.05, 0) is 54.0 Å². The van der Waals surface area contributed by atoms with Gasteiger partial charge in [-0.15, -0.1) is 11.3 Å². The number of nitrogens with zero attached hydrogens (tertiary/aromatic N) is 2. The Balaban J connectivity index is 1.62. The minimum absolute atomic E-state index is 0.0325. The number of thiophene rings is 1. The Labute approximate surface area is 162 Å². The highest BCUT2D eigenvalue weighted by molar-refractivity contribution is 7.10. The van der Waals surface area contributed by atoms with Crippen molar-refractivity contribution in [1.82, 2.24) is 9.80 Å². The van der Waals surface area contributed by atoms with Crippen LogP contribution < -0.4 is 0 Å². The molecule has 142 valence electrons. The van der Waals surface area contributed by atoms with E-state index in [0.29, 0.717) is 13.0 Å². The molecule has 4 rings (SSSR count). The number of rotatable bonds is 5. The predicted molar refractivity (Wildman–Crippen MR) is 103 cm³/mol. The lowest BCUT2D eigenvalue weighted by Crippen LogP contribution is -2.47. The number of amides is 2. The highest BCUT2D eigenvalue weighted by atomic mass is 32.1. The zero-order chi connectivity index (χ0) is 19.0. The van der Waals surface area contributed by atoms with E-state index in [1.807, 2.05) is 17.2 Å². The van der Waals surface area contributed by atoms with Crippen LogP contribution in [0.3, 0.4) is 0 Å². The van der Waals surface area contributed by atoms with Crippen LogP contribution in [0.2, 0.25) is 0 Å². The van der Waals surface area contributed by atoms with Gasteiger partial charge in [0.25, 0.3) is 0 Å². The van der Waals surface area contributed by atoms with Crippen LogP contribution in [-0.4, -0.2) is 40.7 Å². The van der Waals surface area contributed by atoms with Crippen molar-refractivity contribution in [2.45, 2.75) is 44.7 Å². The normalized spacial score (nSPS) is 18.9. The predicted octanol–water partition coefficient (Wildman–Crippen LogP) is 3.76. The molecule has 0 radical (unpaired) electrons. The maximum Gasteiger partial charge on any atom is 0.243 e. The smallest absolute Gasteiger partial charge is 0.243 e. The summed E-state index contributed by atoms with van der Waals surface area (Å²) in [6, 6.07) is 8.44. The molecule has 0 saturated heterocycles. The summed E-state index contributed by atoms with van der Waals surface area (Å²) in [6.45, 7) is 2.59. The molecule has 1 saturated carbocycles. The molecule has 1 aromatic carbocycles. The summed E-state index contributed by atoms with van der Waals surface area (Å²) in [7, 11) is 0. The molecule has 1 aliphatic heterocycles. The van der Waals surface area contributed by atoms with Gasteiger partial charge in [0.15, 0.2) is 0 Å². The van der Waals surface area contributed by atoms with Crippen molar-refractivity contribution < 1.29 is 14.0 Å². The van der Waals surface area contributed by atoms with Gasteiger partial charge in [0, 0.05) is 23.9 Å². The van der Waals surface area contributed by atoms with Crippen LogP contribution in [0.4, 0.5) is 4.39 Å². The van der Waals surface area contributed by atoms with Gasteiger partial charge in [-0.2, -0.15) is 0 Å². The Hall–Kier alpha value is -2.21. The molecule has 0 bridgehead atoms. The molecule has 0 unspecified atom stereocenters. The van der Waals surface area contributed by atoms with Crippen molar-refractivity contribution in [1.29, 1.82) is 0 Å². The second kappa shape index (κ2) is 7.43. The van der Waals surface area contributed by atoms with Crippen LogP contribution in [0.15, 0.2) is 35.7 Å². The number of fused-ring (bicyclic) bond motifs is 1. The van der Waals surface area contributed by atoms with Crippen molar-refractivity contribution in [3.63, 3.8) is 0 Å². The zero-order valence-corrected chi connectivity index (χ0v) is 16.2. The summed E-state index contributed by atoms with van der Waals surface area (Å²) >= 11 is 1.70. The lowest BCUT2D eigenvalue weighted by molar-refractivity contribution is -0.142. The Bertz CT molecular complexity index is 844. The minimum atomic E-state index is -0.286. The molecule has 2 amide bonds. The third-order valence-electron chi connectivity index (χ3n) is 5.39. The third-order valence-corrected chi connectivity index (χ3v) is 6.38. The average Bonchev–Trinajstić information content (AvgIpc) is 3.41. The summed E-state index contributed by atoms with van der Waals surface area (Å²) in [6.07, 6.45) is 3.20. The molecule has 2 aliphatic rings. The minimum Gasteiger partial charge on any atom is -0.330 e. The van der Waals surface area contributed by atoms with E-state index in [1.54, 1.807) is 28.4 Å². The molecule has 1 atom stereocenters. The average molecular weight is 386 g/mol. The first-order valence-corrected chi connectivity index (χ1v) is 10.4. The molecule has 2 heterocycles. The van der Waals surface area contributed by atoms with E-state index in [9.17, 15) is 14.0 Å². The largest absolute Gasteiger partial charge is 0.330 e. The summed E-state index contributed by atoms with van der Waals surface area (Å²) < 4.78 is 13.4. The van der Waals surface area contributed by atoms with E-state index >= 15 is 0 Å². The summed E-state index contributed by atoms with van der Waals surface area (Å²) in [4.78, 5) is 30.4. The molecule has 27 heavy (non-hydrogen) atoms. The van der Waals surface area contributed by atoms with Crippen LogP contribution in [-0.2, 0) is 16.0 Å². The quantitative estimate of drug-likeness (QED) is 0.785. The van der Waals surface area contributed by atoms with Crippen molar-refractivity contribution in [3.8, 4) is 0 Å². The Morgan fingerprint density at radius 3 is 2.63 bits per heavy atom. The first-order chi connectivity index (χ1) is 13.1.